The summed E-state index contributed by atoms with van der Waals surface area (Å²) in [6.07, 6.45) is 0.879. The van der Waals surface area contributed by atoms with Gasteiger partial charge >= 0.3 is 0 Å². The molecule has 3 heterocycles. The third-order valence-electron chi connectivity index (χ3n) is 5.05. The molecule has 1 saturated heterocycles. The number of benzene rings is 1. The van der Waals surface area contributed by atoms with Gasteiger partial charge in [0, 0.05) is 17.9 Å². The molecule has 3 aromatic rings. The molecule has 28 heavy (non-hydrogen) atoms. The number of pyridine rings is 1. The van der Waals surface area contributed by atoms with Gasteiger partial charge in [-0.05, 0) is 57.4 Å². The van der Waals surface area contributed by atoms with Crippen molar-refractivity contribution in [2.24, 2.45) is 0 Å². The quantitative estimate of drug-likeness (QED) is 0.735. The Bertz CT molecular complexity index is 1120. The van der Waals surface area contributed by atoms with Gasteiger partial charge in [0.15, 0.2) is 5.82 Å². The number of rotatable bonds is 3. The number of hydrogen-bond acceptors (Lipinski definition) is 4. The molecule has 1 aliphatic heterocycles. The van der Waals surface area contributed by atoms with Crippen LogP contribution in [0.4, 0.5) is 5.82 Å². The largest absolute Gasteiger partial charge is 0.344 e. The van der Waals surface area contributed by atoms with Crippen molar-refractivity contribution in [1.29, 1.82) is 0 Å². The molecular formula is C21H23N5O2. The molecule has 1 aliphatic rings. The first kappa shape index (κ1) is 18.2. The number of carbonyl (C=O) groups excluding carboxylic acids is 2. The predicted molar refractivity (Wildman–Crippen MR) is 108 cm³/mol. The minimum Gasteiger partial charge on any atom is -0.344 e. The van der Waals surface area contributed by atoms with Crippen LogP contribution in [-0.2, 0) is 9.59 Å². The Morgan fingerprint density at radius 2 is 1.93 bits per heavy atom. The second kappa shape index (κ2) is 6.74. The van der Waals surface area contributed by atoms with E-state index in [9.17, 15) is 9.59 Å². The lowest BCUT2D eigenvalue weighted by molar-refractivity contribution is -0.122. The van der Waals surface area contributed by atoms with Crippen molar-refractivity contribution in [3.8, 4) is 5.82 Å². The van der Waals surface area contributed by atoms with E-state index in [1.807, 2.05) is 19.9 Å². The van der Waals surface area contributed by atoms with Gasteiger partial charge in [0.2, 0.25) is 11.8 Å². The topological polar surface area (TPSA) is 88.9 Å². The van der Waals surface area contributed by atoms with Crippen LogP contribution in [0.2, 0.25) is 0 Å². The average molecular weight is 377 g/mol. The zero-order valence-corrected chi connectivity index (χ0v) is 16.5. The number of aryl methyl sites for hydroxylation is 4. The summed E-state index contributed by atoms with van der Waals surface area (Å²) in [5.74, 6) is 0.856. The first-order valence-corrected chi connectivity index (χ1v) is 9.37. The molecule has 1 unspecified atom stereocenters. The van der Waals surface area contributed by atoms with Gasteiger partial charge in [0.05, 0.1) is 11.2 Å². The monoisotopic (exact) mass is 377 g/mol. The Morgan fingerprint density at radius 3 is 2.64 bits per heavy atom. The predicted octanol–water partition coefficient (Wildman–Crippen LogP) is 2.87. The van der Waals surface area contributed by atoms with E-state index in [-0.39, 0.29) is 11.8 Å². The van der Waals surface area contributed by atoms with Crippen LogP contribution in [0.3, 0.4) is 0 Å². The van der Waals surface area contributed by atoms with Gasteiger partial charge in [-0.3, -0.25) is 9.59 Å². The van der Waals surface area contributed by atoms with Crippen molar-refractivity contribution in [3.05, 3.63) is 46.6 Å². The van der Waals surface area contributed by atoms with Gasteiger partial charge in [-0.15, -0.1) is 0 Å². The van der Waals surface area contributed by atoms with Crippen molar-refractivity contribution in [2.45, 2.75) is 46.6 Å². The number of anilines is 1. The van der Waals surface area contributed by atoms with E-state index in [0.717, 1.165) is 27.7 Å². The lowest BCUT2D eigenvalue weighted by Gasteiger charge is -2.14. The fraction of sp³-hybridized carbons (Fsp3) is 0.333. The summed E-state index contributed by atoms with van der Waals surface area (Å²) < 4.78 is 1.65. The van der Waals surface area contributed by atoms with E-state index in [2.05, 4.69) is 41.7 Å². The molecular weight excluding hydrogens is 354 g/mol. The molecule has 0 spiro atoms. The standard InChI is InChI=1S/C21H23N5O2/c1-11-7-13(3)20-15(8-11)12(2)9-17(23-20)26-18(10-14(4)25-26)24-21(28)16-5-6-19(27)22-16/h7-10,16H,5-6H2,1-4H3,(H,22,27)(H,24,28). The third kappa shape index (κ3) is 3.24. The van der Waals surface area contributed by atoms with Gasteiger partial charge < -0.3 is 10.6 Å². The normalized spacial score (nSPS) is 16.4. The maximum atomic E-state index is 12.5. The fourth-order valence-corrected chi connectivity index (χ4v) is 3.72. The zero-order chi connectivity index (χ0) is 20.0. The average Bonchev–Trinajstić information content (AvgIpc) is 3.21. The summed E-state index contributed by atoms with van der Waals surface area (Å²) in [5, 5.41) is 11.2. The van der Waals surface area contributed by atoms with Gasteiger partial charge in [0.25, 0.3) is 0 Å². The highest BCUT2D eigenvalue weighted by Gasteiger charge is 2.28. The van der Waals surface area contributed by atoms with Crippen molar-refractivity contribution in [1.82, 2.24) is 20.1 Å². The Morgan fingerprint density at radius 1 is 1.14 bits per heavy atom. The van der Waals surface area contributed by atoms with Gasteiger partial charge in [-0.2, -0.15) is 9.78 Å². The SMILES string of the molecule is Cc1cc(C)c2nc(-n3nc(C)cc3NC(=O)C3CCC(=O)N3)cc(C)c2c1. The molecule has 7 heteroatoms. The Hall–Kier alpha value is -3.22. The molecule has 1 atom stereocenters. The van der Waals surface area contributed by atoms with Gasteiger partial charge in [-0.25, -0.2) is 4.98 Å². The van der Waals surface area contributed by atoms with E-state index in [1.165, 1.54) is 5.56 Å². The molecule has 0 aliphatic carbocycles. The van der Waals surface area contributed by atoms with Crippen molar-refractivity contribution >= 4 is 28.5 Å². The summed E-state index contributed by atoms with van der Waals surface area (Å²) in [6.45, 7) is 8.04. The van der Waals surface area contributed by atoms with Crippen LogP contribution < -0.4 is 10.6 Å². The molecule has 1 aromatic carbocycles. The fourth-order valence-electron chi connectivity index (χ4n) is 3.72. The number of fused-ring (bicyclic) bond motifs is 1. The van der Waals surface area contributed by atoms with E-state index in [4.69, 9.17) is 4.98 Å². The second-order valence-electron chi connectivity index (χ2n) is 7.51. The molecule has 4 rings (SSSR count). The highest BCUT2D eigenvalue weighted by atomic mass is 16.2. The van der Waals surface area contributed by atoms with Crippen molar-refractivity contribution in [3.63, 3.8) is 0 Å². The van der Waals surface area contributed by atoms with Crippen LogP contribution in [0.1, 0.15) is 35.2 Å². The molecule has 1 fully saturated rings. The molecule has 2 amide bonds. The molecule has 0 bridgehead atoms. The lowest BCUT2D eigenvalue weighted by atomic mass is 10.0. The van der Waals surface area contributed by atoms with Crippen LogP contribution >= 0.6 is 0 Å². The summed E-state index contributed by atoms with van der Waals surface area (Å²) in [7, 11) is 0. The van der Waals surface area contributed by atoms with E-state index >= 15 is 0 Å². The highest BCUT2D eigenvalue weighted by Crippen LogP contribution is 2.26. The number of aromatic nitrogens is 3. The Kier molecular flexibility index (Phi) is 4.37. The van der Waals surface area contributed by atoms with E-state index in [0.29, 0.717) is 24.5 Å². The lowest BCUT2D eigenvalue weighted by Crippen LogP contribution is -2.37. The van der Waals surface area contributed by atoms with E-state index < -0.39 is 6.04 Å². The minimum absolute atomic E-state index is 0.0950. The van der Waals surface area contributed by atoms with Crippen LogP contribution in [-0.4, -0.2) is 32.6 Å². The smallest absolute Gasteiger partial charge is 0.248 e. The third-order valence-corrected chi connectivity index (χ3v) is 5.05. The van der Waals surface area contributed by atoms with Crippen LogP contribution in [0, 0.1) is 27.7 Å². The minimum atomic E-state index is -0.507. The zero-order valence-electron chi connectivity index (χ0n) is 16.5. The second-order valence-corrected chi connectivity index (χ2v) is 7.51. The van der Waals surface area contributed by atoms with Gasteiger partial charge in [-0.1, -0.05) is 11.6 Å². The number of nitrogens with zero attached hydrogens (tertiary/aromatic N) is 3. The van der Waals surface area contributed by atoms with Crippen LogP contribution in [0.25, 0.3) is 16.7 Å². The van der Waals surface area contributed by atoms with Crippen LogP contribution in [0.5, 0.6) is 0 Å². The Balaban J connectivity index is 1.74. The number of amides is 2. The summed E-state index contributed by atoms with van der Waals surface area (Å²) >= 11 is 0. The van der Waals surface area contributed by atoms with Crippen molar-refractivity contribution < 1.29 is 9.59 Å². The summed E-state index contributed by atoms with van der Waals surface area (Å²) in [4.78, 5) is 28.8. The number of hydrogen-bond donors (Lipinski definition) is 2. The molecule has 144 valence electrons. The van der Waals surface area contributed by atoms with Crippen LogP contribution in [0.15, 0.2) is 24.3 Å². The molecule has 0 saturated carbocycles. The number of carbonyl (C=O) groups is 2. The maximum absolute atomic E-state index is 12.5. The molecule has 2 N–H and O–H groups in total. The summed E-state index contributed by atoms with van der Waals surface area (Å²) in [5.41, 5.74) is 5.09. The first-order valence-electron chi connectivity index (χ1n) is 9.37. The van der Waals surface area contributed by atoms with Crippen molar-refractivity contribution in [2.75, 3.05) is 5.32 Å². The Labute approximate surface area is 163 Å². The molecule has 2 aromatic heterocycles. The maximum Gasteiger partial charge on any atom is 0.248 e. The molecule has 7 nitrogen and oxygen atoms in total. The van der Waals surface area contributed by atoms with E-state index in [1.54, 1.807) is 10.7 Å². The first-order chi connectivity index (χ1) is 13.3. The molecule has 0 radical (unpaired) electrons. The highest BCUT2D eigenvalue weighted by molar-refractivity contribution is 5.98. The number of nitrogens with one attached hydrogen (secondary N) is 2. The summed E-state index contributed by atoms with van der Waals surface area (Å²) in [6, 6.07) is 7.51. The van der Waals surface area contributed by atoms with Gasteiger partial charge in [0.1, 0.15) is 11.9 Å².